The average Bonchev–Trinajstić information content (AvgIpc) is 2.68. The summed E-state index contributed by atoms with van der Waals surface area (Å²) in [4.78, 5) is 8.62. The Kier molecular flexibility index (Phi) is 5.81. The van der Waals surface area contributed by atoms with E-state index in [1.165, 1.54) is 0 Å². The van der Waals surface area contributed by atoms with Crippen LogP contribution in [0.1, 0.15) is 18.1 Å². The number of benzene rings is 2. The van der Waals surface area contributed by atoms with Gasteiger partial charge in [0, 0.05) is 0 Å². The first kappa shape index (κ1) is 17.5. The van der Waals surface area contributed by atoms with Crippen molar-refractivity contribution < 1.29 is 9.47 Å². The van der Waals surface area contributed by atoms with Crippen molar-refractivity contribution in [3.05, 3.63) is 95.9 Å². The lowest BCUT2D eigenvalue weighted by Gasteiger charge is -2.10. The molecule has 0 saturated carbocycles. The third-order valence-corrected chi connectivity index (χ3v) is 3.83. The Morgan fingerprint density at radius 1 is 0.962 bits per heavy atom. The van der Waals surface area contributed by atoms with E-state index >= 15 is 0 Å². The molecule has 2 aromatic carbocycles. The number of para-hydroxylation sites is 2. The maximum atomic E-state index is 5.91. The molecule has 0 spiro atoms. The number of allylic oxidation sites excluding steroid dienone is 4. The Bertz CT molecular complexity index is 902. The van der Waals surface area contributed by atoms with Crippen molar-refractivity contribution in [3.8, 4) is 5.75 Å². The molecular weight excluding hydrogens is 324 g/mol. The number of fused-ring (bicyclic) bond motifs is 6. The SMILES string of the molecule is C=C/C=C\C1=C(/C)OCc2ccc(cc2)COc2ccccc2N=C=N1. The smallest absolute Gasteiger partial charge is 0.146 e. The molecule has 2 aliphatic rings. The molecule has 26 heavy (non-hydrogen) atoms. The van der Waals surface area contributed by atoms with Crippen molar-refractivity contribution in [2.24, 2.45) is 9.98 Å². The van der Waals surface area contributed by atoms with E-state index in [1.54, 1.807) is 12.2 Å². The molecule has 0 aromatic heterocycles. The van der Waals surface area contributed by atoms with Gasteiger partial charge in [-0.2, -0.15) is 9.98 Å². The minimum Gasteiger partial charge on any atom is -0.491 e. The predicted molar refractivity (Wildman–Crippen MR) is 104 cm³/mol. The van der Waals surface area contributed by atoms with Crippen LogP contribution in [-0.2, 0) is 18.0 Å². The molecule has 130 valence electrons. The number of aliphatic imine (C=N–C) groups is 2. The van der Waals surface area contributed by atoms with Crippen LogP contribution in [0.2, 0.25) is 0 Å². The van der Waals surface area contributed by atoms with Crippen LogP contribution in [0, 0.1) is 0 Å². The van der Waals surface area contributed by atoms with Gasteiger partial charge in [0.1, 0.15) is 42.1 Å². The molecule has 0 saturated heterocycles. The topological polar surface area (TPSA) is 43.2 Å². The van der Waals surface area contributed by atoms with Gasteiger partial charge < -0.3 is 9.47 Å². The van der Waals surface area contributed by atoms with E-state index in [2.05, 4.69) is 22.6 Å². The largest absolute Gasteiger partial charge is 0.491 e. The molecule has 0 aliphatic carbocycles. The van der Waals surface area contributed by atoms with Gasteiger partial charge >= 0.3 is 0 Å². The fourth-order valence-corrected chi connectivity index (χ4v) is 2.36. The maximum Gasteiger partial charge on any atom is 0.146 e. The van der Waals surface area contributed by atoms with Crippen molar-refractivity contribution in [2.45, 2.75) is 20.1 Å². The Balaban J connectivity index is 2.04. The second-order valence-electron chi connectivity index (χ2n) is 5.72. The highest BCUT2D eigenvalue weighted by Gasteiger charge is 2.05. The molecule has 4 rings (SSSR count). The number of hydrogen-bond donors (Lipinski definition) is 0. The molecule has 2 bridgehead atoms. The second-order valence-corrected chi connectivity index (χ2v) is 5.72. The van der Waals surface area contributed by atoms with Crippen LogP contribution in [0.5, 0.6) is 5.75 Å². The summed E-state index contributed by atoms with van der Waals surface area (Å²) in [6.45, 7) is 6.49. The van der Waals surface area contributed by atoms with Crippen LogP contribution < -0.4 is 4.74 Å². The van der Waals surface area contributed by atoms with Gasteiger partial charge in [-0.05, 0) is 36.3 Å². The molecule has 0 N–H and O–H groups in total. The molecule has 0 fully saturated rings. The molecule has 0 unspecified atom stereocenters. The zero-order chi connectivity index (χ0) is 18.2. The molecular formula is C22H20N2O2. The summed E-state index contributed by atoms with van der Waals surface area (Å²) in [5, 5.41) is 0. The van der Waals surface area contributed by atoms with E-state index in [-0.39, 0.29) is 0 Å². The molecule has 4 heteroatoms. The highest BCUT2D eigenvalue weighted by Crippen LogP contribution is 2.27. The van der Waals surface area contributed by atoms with Crippen LogP contribution in [0.25, 0.3) is 0 Å². The van der Waals surface area contributed by atoms with Crippen LogP contribution in [-0.4, -0.2) is 6.01 Å². The van der Waals surface area contributed by atoms with E-state index in [1.807, 2.05) is 61.5 Å². The Morgan fingerprint density at radius 2 is 1.65 bits per heavy atom. The first-order chi connectivity index (χ1) is 12.8. The fraction of sp³-hybridized carbons (Fsp3) is 0.136. The van der Waals surface area contributed by atoms with Crippen molar-refractivity contribution in [1.29, 1.82) is 0 Å². The lowest BCUT2D eigenvalue weighted by molar-refractivity contribution is 0.198. The second kappa shape index (κ2) is 8.65. The molecule has 4 nitrogen and oxygen atoms in total. The molecule has 2 heterocycles. The summed E-state index contributed by atoms with van der Waals surface area (Å²) < 4.78 is 11.8. The van der Waals surface area contributed by atoms with Gasteiger partial charge in [-0.3, -0.25) is 0 Å². The Hall–Kier alpha value is -3.36. The number of hydrogen-bond acceptors (Lipinski definition) is 4. The molecule has 2 aromatic rings. The van der Waals surface area contributed by atoms with Gasteiger partial charge in [-0.25, -0.2) is 0 Å². The number of nitrogens with zero attached hydrogens (tertiary/aromatic N) is 2. The molecule has 2 aliphatic heterocycles. The van der Waals surface area contributed by atoms with Gasteiger partial charge in [0.2, 0.25) is 0 Å². The van der Waals surface area contributed by atoms with Crippen LogP contribution in [0.4, 0.5) is 5.69 Å². The van der Waals surface area contributed by atoms with Crippen LogP contribution in [0.15, 0.2) is 94.8 Å². The third kappa shape index (κ3) is 4.59. The highest BCUT2D eigenvalue weighted by molar-refractivity contribution is 5.60. The molecule has 0 amide bonds. The summed E-state index contributed by atoms with van der Waals surface area (Å²) in [5.41, 5.74) is 3.47. The quantitative estimate of drug-likeness (QED) is 0.668. The van der Waals surface area contributed by atoms with E-state index in [0.717, 1.165) is 11.1 Å². The van der Waals surface area contributed by atoms with E-state index in [9.17, 15) is 0 Å². The molecule has 0 radical (unpaired) electrons. The van der Waals surface area contributed by atoms with Crippen molar-refractivity contribution >= 4 is 11.7 Å². The maximum absolute atomic E-state index is 5.91. The normalized spacial score (nSPS) is 17.1. The number of rotatable bonds is 2. The Morgan fingerprint density at radius 3 is 2.38 bits per heavy atom. The first-order valence-electron chi connectivity index (χ1n) is 8.35. The predicted octanol–water partition coefficient (Wildman–Crippen LogP) is 5.57. The lowest BCUT2D eigenvalue weighted by Crippen LogP contribution is -1.97. The summed E-state index contributed by atoms with van der Waals surface area (Å²) in [6.07, 6.45) is 5.30. The summed E-state index contributed by atoms with van der Waals surface area (Å²) in [7, 11) is 0. The van der Waals surface area contributed by atoms with E-state index in [4.69, 9.17) is 9.47 Å². The minimum atomic E-state index is 0.464. The zero-order valence-electron chi connectivity index (χ0n) is 14.7. The van der Waals surface area contributed by atoms with Crippen molar-refractivity contribution in [3.63, 3.8) is 0 Å². The third-order valence-electron chi connectivity index (χ3n) is 3.83. The van der Waals surface area contributed by atoms with Crippen LogP contribution in [0.3, 0.4) is 0 Å². The summed E-state index contributed by atoms with van der Waals surface area (Å²) in [6, 6.07) is 18.5. The lowest BCUT2D eigenvalue weighted by atomic mass is 10.1. The van der Waals surface area contributed by atoms with E-state index < -0.39 is 0 Å². The monoisotopic (exact) mass is 344 g/mol. The van der Waals surface area contributed by atoms with Gasteiger partial charge in [0.05, 0.1) is 0 Å². The average molecular weight is 344 g/mol. The summed E-state index contributed by atoms with van der Waals surface area (Å²) >= 11 is 0. The van der Waals surface area contributed by atoms with Gasteiger partial charge in [0.15, 0.2) is 0 Å². The van der Waals surface area contributed by atoms with Gasteiger partial charge in [-0.1, -0.05) is 55.1 Å². The number of ether oxygens (including phenoxy) is 2. The molecule has 0 atom stereocenters. The zero-order valence-corrected chi connectivity index (χ0v) is 14.7. The highest BCUT2D eigenvalue weighted by atomic mass is 16.5. The standard InChI is InChI=1S/C22H20N2O2/c1-3-4-7-20-17(2)25-14-18-10-12-19(13-11-18)15-26-22-9-6-5-8-21(22)24-16-23-20/h3-13H,1,14-15H2,2H3/b7-4-,20-17-. The fourth-order valence-electron chi connectivity index (χ4n) is 2.36. The van der Waals surface area contributed by atoms with E-state index in [0.29, 0.717) is 36.1 Å². The van der Waals surface area contributed by atoms with Gasteiger partial charge in [-0.15, -0.1) is 0 Å². The minimum absolute atomic E-state index is 0.464. The van der Waals surface area contributed by atoms with Crippen molar-refractivity contribution in [2.75, 3.05) is 0 Å². The first-order valence-corrected chi connectivity index (χ1v) is 8.35. The Labute approximate surface area is 153 Å². The summed E-state index contributed by atoms with van der Waals surface area (Å²) in [5.74, 6) is 1.38. The van der Waals surface area contributed by atoms with Crippen molar-refractivity contribution in [1.82, 2.24) is 0 Å². The van der Waals surface area contributed by atoms with Gasteiger partial charge in [0.25, 0.3) is 0 Å². The van der Waals surface area contributed by atoms with Crippen LogP contribution >= 0.6 is 0 Å².